The molecule has 1 N–H and O–H groups in total. The van der Waals surface area contributed by atoms with E-state index in [1.807, 2.05) is 20.0 Å². The normalized spacial score (nSPS) is 14.6. The number of aliphatic imine (C=N–C) groups is 1. The molecule has 0 aliphatic carbocycles. The third-order valence-corrected chi connectivity index (χ3v) is 6.31. The number of ether oxygens (including phenoxy) is 3. The molecule has 0 bridgehead atoms. The predicted molar refractivity (Wildman–Crippen MR) is 136 cm³/mol. The Labute approximate surface area is 206 Å². The summed E-state index contributed by atoms with van der Waals surface area (Å²) in [6.45, 7) is 9.02. The molecule has 0 saturated carbocycles. The Kier molecular flexibility index (Phi) is 9.38. The Morgan fingerprint density at radius 1 is 1.32 bits per heavy atom. The number of hydrogen-bond acceptors (Lipinski definition) is 6. The summed E-state index contributed by atoms with van der Waals surface area (Å²) in [4.78, 5) is 11.2. The number of hydrogen-bond donors (Lipinski definition) is 1. The number of nitrogens with zero attached hydrogens (tertiary/aromatic N) is 3. The molecule has 1 aliphatic heterocycles. The molecule has 31 heavy (non-hydrogen) atoms. The zero-order valence-electron chi connectivity index (χ0n) is 19.1. The number of halogens is 1. The standard InChI is InChI=1S/C22H32N4O3S.HI/c1-15(27-6)20-25-17(13-30-20)12-26(5)21(23-4)24-14-22(2,3)16-7-8-18-19(11-16)29-10-9-28-18;/h7-8,11,13,15H,9-10,12,14H2,1-6H3,(H,23,24);1H. The van der Waals surface area contributed by atoms with Crippen molar-refractivity contribution in [2.45, 2.75) is 38.8 Å². The monoisotopic (exact) mass is 560 g/mol. The van der Waals surface area contributed by atoms with Crippen LogP contribution in [-0.4, -0.2) is 56.8 Å². The fourth-order valence-electron chi connectivity index (χ4n) is 3.25. The lowest BCUT2D eigenvalue weighted by molar-refractivity contribution is 0.119. The molecule has 0 amide bonds. The van der Waals surface area contributed by atoms with Crippen molar-refractivity contribution in [3.05, 3.63) is 39.8 Å². The molecule has 1 aromatic heterocycles. The van der Waals surface area contributed by atoms with Crippen molar-refractivity contribution in [1.29, 1.82) is 0 Å². The second-order valence-electron chi connectivity index (χ2n) is 8.05. The fourth-order valence-corrected chi connectivity index (χ4v) is 4.09. The lowest BCUT2D eigenvalue weighted by Crippen LogP contribution is -2.44. The van der Waals surface area contributed by atoms with Crippen molar-refractivity contribution in [1.82, 2.24) is 15.2 Å². The van der Waals surface area contributed by atoms with Gasteiger partial charge in [0.2, 0.25) is 0 Å². The first kappa shape index (κ1) is 25.7. The molecule has 1 unspecified atom stereocenters. The largest absolute Gasteiger partial charge is 0.486 e. The quantitative estimate of drug-likeness (QED) is 0.311. The third kappa shape index (κ3) is 6.45. The molecule has 0 saturated heterocycles. The summed E-state index contributed by atoms with van der Waals surface area (Å²) in [5, 5.41) is 6.57. The number of guanidine groups is 1. The molecule has 3 rings (SSSR count). The Hall–Kier alpha value is -1.59. The van der Waals surface area contributed by atoms with Gasteiger partial charge in [-0.3, -0.25) is 4.99 Å². The molecule has 7 nitrogen and oxygen atoms in total. The topological polar surface area (TPSA) is 68.2 Å². The van der Waals surface area contributed by atoms with Crippen molar-refractivity contribution in [2.24, 2.45) is 4.99 Å². The van der Waals surface area contributed by atoms with Crippen LogP contribution in [0.3, 0.4) is 0 Å². The van der Waals surface area contributed by atoms with Gasteiger partial charge in [-0.1, -0.05) is 19.9 Å². The molecule has 1 aromatic carbocycles. The van der Waals surface area contributed by atoms with Crippen LogP contribution in [0.2, 0.25) is 0 Å². The minimum atomic E-state index is -0.117. The highest BCUT2D eigenvalue weighted by atomic mass is 127. The van der Waals surface area contributed by atoms with Gasteiger partial charge >= 0.3 is 0 Å². The summed E-state index contributed by atoms with van der Waals surface area (Å²) in [5.74, 6) is 2.46. The minimum Gasteiger partial charge on any atom is -0.486 e. The summed E-state index contributed by atoms with van der Waals surface area (Å²) < 4.78 is 16.7. The average molecular weight is 561 g/mol. The van der Waals surface area contributed by atoms with E-state index in [0.29, 0.717) is 19.8 Å². The van der Waals surface area contributed by atoms with Crippen LogP contribution < -0.4 is 14.8 Å². The van der Waals surface area contributed by atoms with E-state index in [4.69, 9.17) is 14.2 Å². The fraction of sp³-hybridized carbons (Fsp3) is 0.545. The lowest BCUT2D eigenvalue weighted by Gasteiger charge is -2.30. The lowest BCUT2D eigenvalue weighted by atomic mass is 9.84. The Bertz CT molecular complexity index is 887. The maximum Gasteiger partial charge on any atom is 0.193 e. The van der Waals surface area contributed by atoms with Gasteiger partial charge in [-0.2, -0.15) is 0 Å². The van der Waals surface area contributed by atoms with Crippen LogP contribution in [0.1, 0.15) is 43.1 Å². The van der Waals surface area contributed by atoms with E-state index in [0.717, 1.165) is 34.7 Å². The predicted octanol–water partition coefficient (Wildman–Crippen LogP) is 4.22. The number of nitrogens with one attached hydrogen (secondary N) is 1. The summed E-state index contributed by atoms with van der Waals surface area (Å²) in [5.41, 5.74) is 2.08. The first-order chi connectivity index (χ1) is 14.3. The van der Waals surface area contributed by atoms with Gasteiger partial charge in [0.25, 0.3) is 0 Å². The smallest absolute Gasteiger partial charge is 0.193 e. The van der Waals surface area contributed by atoms with E-state index in [1.54, 1.807) is 25.5 Å². The van der Waals surface area contributed by atoms with Crippen LogP contribution in [0.5, 0.6) is 11.5 Å². The molecule has 172 valence electrons. The first-order valence-electron chi connectivity index (χ1n) is 10.1. The molecule has 2 aromatic rings. The van der Waals surface area contributed by atoms with Gasteiger partial charge in [-0.15, -0.1) is 35.3 Å². The van der Waals surface area contributed by atoms with Crippen LogP contribution >= 0.6 is 35.3 Å². The molecule has 1 atom stereocenters. The number of rotatable bonds is 7. The molecule has 0 spiro atoms. The minimum absolute atomic E-state index is 0. The van der Waals surface area contributed by atoms with Crippen LogP contribution in [0.25, 0.3) is 0 Å². The Balaban J connectivity index is 0.00000341. The van der Waals surface area contributed by atoms with E-state index >= 15 is 0 Å². The van der Waals surface area contributed by atoms with Crippen LogP contribution in [0.15, 0.2) is 28.6 Å². The third-order valence-electron chi connectivity index (χ3n) is 5.26. The maximum atomic E-state index is 5.75. The van der Waals surface area contributed by atoms with Crippen molar-refractivity contribution in [3.63, 3.8) is 0 Å². The van der Waals surface area contributed by atoms with E-state index in [2.05, 4.69) is 51.6 Å². The number of aromatic nitrogens is 1. The van der Waals surface area contributed by atoms with Crippen LogP contribution in [-0.2, 0) is 16.7 Å². The molecule has 0 radical (unpaired) electrons. The molecule has 9 heteroatoms. The highest BCUT2D eigenvalue weighted by molar-refractivity contribution is 14.0. The van der Waals surface area contributed by atoms with E-state index in [-0.39, 0.29) is 35.5 Å². The zero-order valence-corrected chi connectivity index (χ0v) is 22.2. The van der Waals surface area contributed by atoms with Gasteiger partial charge in [0.15, 0.2) is 17.5 Å². The summed E-state index contributed by atoms with van der Waals surface area (Å²) in [6, 6.07) is 6.18. The summed E-state index contributed by atoms with van der Waals surface area (Å²) in [6.07, 6.45) is 0.0123. The average Bonchev–Trinajstić information content (AvgIpc) is 3.21. The zero-order chi connectivity index (χ0) is 21.7. The Morgan fingerprint density at radius 3 is 2.71 bits per heavy atom. The van der Waals surface area contributed by atoms with Gasteiger partial charge in [-0.05, 0) is 24.6 Å². The Morgan fingerprint density at radius 2 is 2.03 bits per heavy atom. The van der Waals surface area contributed by atoms with E-state index in [9.17, 15) is 0 Å². The van der Waals surface area contributed by atoms with Gasteiger partial charge in [-0.25, -0.2) is 4.98 Å². The van der Waals surface area contributed by atoms with Crippen molar-refractivity contribution < 1.29 is 14.2 Å². The SMILES string of the molecule is CN=C(NCC(C)(C)c1ccc2c(c1)OCCO2)N(C)Cc1csc(C(C)OC)n1.I. The summed E-state index contributed by atoms with van der Waals surface area (Å²) in [7, 11) is 5.52. The molecular weight excluding hydrogens is 527 g/mol. The number of benzene rings is 1. The van der Waals surface area contributed by atoms with Gasteiger partial charge < -0.3 is 24.4 Å². The van der Waals surface area contributed by atoms with Crippen LogP contribution in [0.4, 0.5) is 0 Å². The van der Waals surface area contributed by atoms with Gasteiger partial charge in [0.05, 0.1) is 12.2 Å². The first-order valence-corrected chi connectivity index (χ1v) is 11.0. The number of thiazole rings is 1. The summed E-state index contributed by atoms with van der Waals surface area (Å²) >= 11 is 1.62. The maximum absolute atomic E-state index is 5.75. The molecule has 0 fully saturated rings. The molecule has 1 aliphatic rings. The van der Waals surface area contributed by atoms with Crippen molar-refractivity contribution in [3.8, 4) is 11.5 Å². The van der Waals surface area contributed by atoms with Crippen LogP contribution in [0, 0.1) is 0 Å². The number of methoxy groups -OCH3 is 1. The van der Waals surface area contributed by atoms with Gasteiger partial charge in [0, 0.05) is 38.5 Å². The molecule has 2 heterocycles. The van der Waals surface area contributed by atoms with Gasteiger partial charge in [0.1, 0.15) is 24.3 Å². The van der Waals surface area contributed by atoms with Crippen molar-refractivity contribution >= 4 is 41.3 Å². The molecular formula is C22H33IN4O3S. The highest BCUT2D eigenvalue weighted by Gasteiger charge is 2.24. The second-order valence-corrected chi connectivity index (χ2v) is 8.94. The van der Waals surface area contributed by atoms with E-state index in [1.165, 1.54) is 5.56 Å². The second kappa shape index (κ2) is 11.3. The van der Waals surface area contributed by atoms with Crippen molar-refractivity contribution in [2.75, 3.05) is 41.0 Å². The highest BCUT2D eigenvalue weighted by Crippen LogP contribution is 2.35. The van der Waals surface area contributed by atoms with E-state index < -0.39 is 0 Å². The number of fused-ring (bicyclic) bond motifs is 1.